The molecule has 1 atom stereocenters. The van der Waals surface area contributed by atoms with Crippen molar-refractivity contribution in [2.75, 3.05) is 27.2 Å². The first-order valence-electron chi connectivity index (χ1n) is 10.8. The van der Waals surface area contributed by atoms with Crippen LogP contribution in [0.2, 0.25) is 5.02 Å². The number of hydrogen-bond donors (Lipinski definition) is 0. The van der Waals surface area contributed by atoms with Gasteiger partial charge in [-0.15, -0.1) is 0 Å². The van der Waals surface area contributed by atoms with Crippen LogP contribution in [-0.2, 0) is 21.4 Å². The van der Waals surface area contributed by atoms with E-state index < -0.39 is 15.9 Å². The van der Waals surface area contributed by atoms with E-state index in [1.807, 2.05) is 18.2 Å². The van der Waals surface area contributed by atoms with Crippen molar-refractivity contribution in [1.29, 1.82) is 0 Å². The monoisotopic (exact) mass is 504 g/mol. The summed E-state index contributed by atoms with van der Waals surface area (Å²) in [6.07, 6.45) is 1.20. The van der Waals surface area contributed by atoms with Crippen LogP contribution in [0.1, 0.15) is 18.7 Å². The number of carbonyl (C=O) groups is 1. The zero-order chi connectivity index (χ0) is 24.3. The van der Waals surface area contributed by atoms with Gasteiger partial charge in [0.25, 0.3) is 0 Å². The van der Waals surface area contributed by atoms with Crippen LogP contribution < -0.4 is 4.74 Å². The quantitative estimate of drug-likeness (QED) is 0.485. The number of carbonyl (C=O) groups excluding carboxylic acids is 1. The fourth-order valence-electron chi connectivity index (χ4n) is 3.91. The topological polar surface area (TPSA) is 106 Å². The molecule has 1 aliphatic rings. The largest absolute Gasteiger partial charge is 0.497 e. The predicted molar refractivity (Wildman–Crippen MR) is 126 cm³/mol. The standard InChI is InChI=1S/C23H25ClN4O5S/c1-27(15-21-25-22(26-33-21)16-5-3-7-19(13-16)32-2)23(29)17-6-4-12-28(14-17)34(30,31)20-10-8-18(24)9-11-20/h3,5,7-11,13,17H,4,6,12,14-15H2,1-2H3/t17-/m0/s1. The Morgan fingerprint density at radius 2 is 2.03 bits per heavy atom. The van der Waals surface area contributed by atoms with Crippen LogP contribution in [0.25, 0.3) is 11.4 Å². The number of piperidine rings is 1. The molecule has 1 aliphatic heterocycles. The summed E-state index contributed by atoms with van der Waals surface area (Å²) >= 11 is 5.88. The lowest BCUT2D eigenvalue weighted by molar-refractivity contribution is -0.136. The fourth-order valence-corrected chi connectivity index (χ4v) is 5.56. The highest BCUT2D eigenvalue weighted by Gasteiger charge is 2.34. The Bertz CT molecular complexity index is 1260. The summed E-state index contributed by atoms with van der Waals surface area (Å²) in [5.41, 5.74) is 0.735. The van der Waals surface area contributed by atoms with Crippen LogP contribution in [0, 0.1) is 5.92 Å². The number of hydrogen-bond acceptors (Lipinski definition) is 7. The van der Waals surface area contributed by atoms with E-state index in [4.69, 9.17) is 20.9 Å². The van der Waals surface area contributed by atoms with Crippen molar-refractivity contribution in [3.8, 4) is 17.1 Å². The zero-order valence-corrected chi connectivity index (χ0v) is 20.4. The van der Waals surface area contributed by atoms with Crippen LogP contribution in [0.15, 0.2) is 57.9 Å². The minimum Gasteiger partial charge on any atom is -0.497 e. The molecular weight excluding hydrogens is 480 g/mol. The van der Waals surface area contributed by atoms with Crippen molar-refractivity contribution in [1.82, 2.24) is 19.3 Å². The van der Waals surface area contributed by atoms with E-state index in [1.165, 1.54) is 21.3 Å². The number of nitrogens with zero attached hydrogens (tertiary/aromatic N) is 4. The normalized spacial score (nSPS) is 16.9. The number of aromatic nitrogens is 2. The van der Waals surface area contributed by atoms with Crippen molar-refractivity contribution >= 4 is 27.5 Å². The third kappa shape index (κ3) is 5.24. The smallest absolute Gasteiger partial charge is 0.246 e. The molecule has 2 aromatic carbocycles. The van der Waals surface area contributed by atoms with Crippen LogP contribution in [0.4, 0.5) is 0 Å². The zero-order valence-electron chi connectivity index (χ0n) is 18.8. The molecule has 1 aromatic heterocycles. The third-order valence-electron chi connectivity index (χ3n) is 5.73. The molecule has 0 radical (unpaired) electrons. The van der Waals surface area contributed by atoms with Gasteiger partial charge in [-0.1, -0.05) is 28.9 Å². The second-order valence-electron chi connectivity index (χ2n) is 8.09. The lowest BCUT2D eigenvalue weighted by Crippen LogP contribution is -2.45. The van der Waals surface area contributed by atoms with Crippen molar-refractivity contribution < 1.29 is 22.5 Å². The fraction of sp³-hybridized carbons (Fsp3) is 0.348. The molecule has 0 aliphatic carbocycles. The average Bonchev–Trinajstić information content (AvgIpc) is 3.32. The van der Waals surface area contributed by atoms with Gasteiger partial charge in [0, 0.05) is 30.7 Å². The highest BCUT2D eigenvalue weighted by Crippen LogP contribution is 2.26. The number of benzene rings is 2. The molecule has 2 heterocycles. The number of halogens is 1. The van der Waals surface area contributed by atoms with Gasteiger partial charge < -0.3 is 14.2 Å². The molecule has 1 fully saturated rings. The van der Waals surface area contributed by atoms with Crippen LogP contribution in [0.5, 0.6) is 5.75 Å². The number of sulfonamides is 1. The Balaban J connectivity index is 1.41. The second-order valence-corrected chi connectivity index (χ2v) is 10.5. The molecule has 1 saturated heterocycles. The van der Waals surface area contributed by atoms with Gasteiger partial charge in [-0.2, -0.15) is 9.29 Å². The molecule has 0 bridgehead atoms. The predicted octanol–water partition coefficient (Wildman–Crippen LogP) is 3.46. The number of rotatable bonds is 7. The Kier molecular flexibility index (Phi) is 7.20. The Morgan fingerprint density at radius 3 is 2.76 bits per heavy atom. The highest BCUT2D eigenvalue weighted by molar-refractivity contribution is 7.89. The first kappa shape index (κ1) is 24.2. The molecular formula is C23H25ClN4O5S. The summed E-state index contributed by atoms with van der Waals surface area (Å²) in [6, 6.07) is 13.3. The van der Waals surface area contributed by atoms with Gasteiger partial charge in [0.15, 0.2) is 0 Å². The summed E-state index contributed by atoms with van der Waals surface area (Å²) in [6.45, 7) is 0.606. The van der Waals surface area contributed by atoms with E-state index in [1.54, 1.807) is 32.4 Å². The lowest BCUT2D eigenvalue weighted by Gasteiger charge is -2.33. The number of amides is 1. The first-order valence-corrected chi connectivity index (χ1v) is 12.6. The molecule has 1 amide bonds. The molecule has 34 heavy (non-hydrogen) atoms. The van der Waals surface area contributed by atoms with E-state index in [-0.39, 0.29) is 29.8 Å². The number of ether oxygens (including phenoxy) is 1. The molecule has 11 heteroatoms. The molecule has 0 saturated carbocycles. The van der Waals surface area contributed by atoms with Gasteiger partial charge in [0.1, 0.15) is 5.75 Å². The van der Waals surface area contributed by atoms with E-state index in [2.05, 4.69) is 10.1 Å². The lowest BCUT2D eigenvalue weighted by atomic mass is 9.98. The van der Waals surface area contributed by atoms with Gasteiger partial charge in [-0.25, -0.2) is 8.42 Å². The van der Waals surface area contributed by atoms with E-state index in [9.17, 15) is 13.2 Å². The van der Waals surface area contributed by atoms with E-state index in [0.29, 0.717) is 36.0 Å². The molecule has 3 aromatic rings. The summed E-state index contributed by atoms with van der Waals surface area (Å²) in [5.74, 6) is 0.730. The highest BCUT2D eigenvalue weighted by atomic mass is 35.5. The summed E-state index contributed by atoms with van der Waals surface area (Å²) in [5, 5.41) is 4.46. The Labute approximate surface area is 203 Å². The maximum atomic E-state index is 13.1. The van der Waals surface area contributed by atoms with Crippen molar-refractivity contribution in [3.63, 3.8) is 0 Å². The van der Waals surface area contributed by atoms with Crippen LogP contribution in [0.3, 0.4) is 0 Å². The van der Waals surface area contributed by atoms with Crippen LogP contribution >= 0.6 is 11.6 Å². The molecule has 0 unspecified atom stereocenters. The molecule has 0 spiro atoms. The molecule has 0 N–H and O–H groups in total. The number of methoxy groups -OCH3 is 1. The first-order chi connectivity index (χ1) is 16.3. The molecule has 4 rings (SSSR count). The van der Waals surface area contributed by atoms with Gasteiger partial charge in [0.05, 0.1) is 24.5 Å². The van der Waals surface area contributed by atoms with Crippen LogP contribution in [-0.4, -0.2) is 60.9 Å². The summed E-state index contributed by atoms with van der Waals surface area (Å²) in [4.78, 5) is 19.1. The van der Waals surface area contributed by atoms with Crippen molar-refractivity contribution in [3.05, 3.63) is 59.4 Å². The third-order valence-corrected chi connectivity index (χ3v) is 7.86. The SMILES string of the molecule is COc1cccc(-c2noc(CN(C)C(=O)[C@H]3CCCN(S(=O)(=O)c4ccc(Cl)cc4)C3)n2)c1. The summed E-state index contributed by atoms with van der Waals surface area (Å²) < 4.78 is 38.0. The van der Waals surface area contributed by atoms with Crippen molar-refractivity contribution in [2.45, 2.75) is 24.3 Å². The van der Waals surface area contributed by atoms with Gasteiger partial charge in [-0.3, -0.25) is 4.79 Å². The second kappa shape index (κ2) is 10.1. The molecule has 180 valence electrons. The minimum atomic E-state index is -3.71. The maximum Gasteiger partial charge on any atom is 0.246 e. The summed E-state index contributed by atoms with van der Waals surface area (Å²) in [7, 11) is -0.489. The van der Waals surface area contributed by atoms with Gasteiger partial charge >= 0.3 is 0 Å². The minimum absolute atomic E-state index is 0.118. The van der Waals surface area contributed by atoms with Gasteiger partial charge in [-0.05, 0) is 49.2 Å². The van der Waals surface area contributed by atoms with Gasteiger partial charge in [0.2, 0.25) is 27.6 Å². The maximum absolute atomic E-state index is 13.1. The van der Waals surface area contributed by atoms with Crippen molar-refractivity contribution in [2.24, 2.45) is 5.92 Å². The average molecular weight is 505 g/mol. The Morgan fingerprint density at radius 1 is 1.26 bits per heavy atom. The molecule has 9 nitrogen and oxygen atoms in total. The Hall–Kier alpha value is -2.95. The van der Waals surface area contributed by atoms with E-state index >= 15 is 0 Å². The van der Waals surface area contributed by atoms with E-state index in [0.717, 1.165) is 5.56 Å².